The number of carboxylic acids is 1. The first-order chi connectivity index (χ1) is 12.2. The summed E-state index contributed by atoms with van der Waals surface area (Å²) in [6.45, 7) is 7.14. The minimum absolute atomic E-state index is 0.134. The smallest absolute Gasteiger partial charge is 0.333 e. The molecular weight excluding hydrogens is 328 g/mol. The van der Waals surface area contributed by atoms with Crippen LogP contribution in [0.5, 0.6) is 0 Å². The lowest BCUT2D eigenvalue weighted by Crippen LogP contribution is -2.52. The average molecular weight is 360 g/mol. The van der Waals surface area contributed by atoms with Crippen molar-refractivity contribution in [3.05, 3.63) is 11.6 Å². The molecule has 0 aromatic heterocycles. The highest BCUT2D eigenvalue weighted by molar-refractivity contribution is 5.97. The number of hydrogen-bond acceptors (Lipinski definition) is 3. The first-order valence-corrected chi connectivity index (χ1v) is 10.3. The maximum absolute atomic E-state index is 12.5. The summed E-state index contributed by atoms with van der Waals surface area (Å²) in [4.78, 5) is 23.8. The lowest BCUT2D eigenvalue weighted by atomic mass is 9.46. The molecule has 26 heavy (non-hydrogen) atoms. The van der Waals surface area contributed by atoms with Crippen LogP contribution in [0.4, 0.5) is 0 Å². The Morgan fingerprint density at radius 2 is 1.92 bits per heavy atom. The van der Waals surface area contributed by atoms with Crippen molar-refractivity contribution in [3.8, 4) is 0 Å². The topological polar surface area (TPSA) is 74.6 Å². The Balaban J connectivity index is 1.67. The van der Waals surface area contributed by atoms with Crippen LogP contribution in [0.3, 0.4) is 0 Å². The fourth-order valence-corrected chi connectivity index (χ4v) is 7.38. The first kappa shape index (κ1) is 18.2. The largest absolute Gasteiger partial charge is 0.479 e. The Morgan fingerprint density at radius 3 is 2.62 bits per heavy atom. The zero-order valence-electron chi connectivity index (χ0n) is 16.2. The SMILES string of the molecule is CC1CC[C@H]2[C@@H]3CCC4=CC(=O)C(C(O)C(=O)O)C[C@]4(C)[C@@H]3CC[C@]12C. The molecule has 0 heterocycles. The third-order valence-corrected chi connectivity index (χ3v) is 9.17. The van der Waals surface area contributed by atoms with Gasteiger partial charge in [-0.25, -0.2) is 4.79 Å². The highest BCUT2D eigenvalue weighted by atomic mass is 16.4. The van der Waals surface area contributed by atoms with Gasteiger partial charge in [0.2, 0.25) is 0 Å². The van der Waals surface area contributed by atoms with Gasteiger partial charge in [-0.3, -0.25) is 4.79 Å². The molecule has 0 aromatic rings. The number of carbonyl (C=O) groups excluding carboxylic acids is 1. The molecule has 144 valence electrons. The van der Waals surface area contributed by atoms with E-state index in [0.29, 0.717) is 23.7 Å². The van der Waals surface area contributed by atoms with E-state index in [1.165, 1.54) is 37.7 Å². The molecule has 4 aliphatic rings. The lowest BCUT2D eigenvalue weighted by molar-refractivity contribution is -0.154. The van der Waals surface area contributed by atoms with Gasteiger partial charge in [0.25, 0.3) is 0 Å². The van der Waals surface area contributed by atoms with E-state index in [-0.39, 0.29) is 11.2 Å². The second kappa shape index (κ2) is 5.92. The number of carbonyl (C=O) groups is 2. The van der Waals surface area contributed by atoms with Crippen molar-refractivity contribution in [2.45, 2.75) is 71.8 Å². The quantitative estimate of drug-likeness (QED) is 0.785. The van der Waals surface area contributed by atoms with Crippen molar-refractivity contribution in [1.29, 1.82) is 0 Å². The van der Waals surface area contributed by atoms with Crippen LogP contribution in [-0.2, 0) is 9.59 Å². The number of aliphatic carboxylic acids is 1. The molecule has 3 saturated carbocycles. The van der Waals surface area contributed by atoms with E-state index in [9.17, 15) is 19.8 Å². The van der Waals surface area contributed by atoms with Gasteiger partial charge in [0.15, 0.2) is 11.9 Å². The van der Waals surface area contributed by atoms with Gasteiger partial charge in [-0.1, -0.05) is 26.3 Å². The van der Waals surface area contributed by atoms with Crippen molar-refractivity contribution >= 4 is 11.8 Å². The number of aliphatic hydroxyl groups is 1. The summed E-state index contributed by atoms with van der Waals surface area (Å²) in [5.74, 6) is 0.468. The van der Waals surface area contributed by atoms with Gasteiger partial charge >= 0.3 is 5.97 Å². The van der Waals surface area contributed by atoms with E-state index in [1.807, 2.05) is 0 Å². The second-order valence-corrected chi connectivity index (χ2v) is 10.0. The monoisotopic (exact) mass is 360 g/mol. The number of fused-ring (bicyclic) bond motifs is 5. The Bertz CT molecular complexity index is 667. The van der Waals surface area contributed by atoms with Crippen LogP contribution >= 0.6 is 0 Å². The molecule has 3 fully saturated rings. The van der Waals surface area contributed by atoms with Crippen LogP contribution in [0.25, 0.3) is 0 Å². The number of carboxylic acid groups (broad SMARTS) is 1. The highest BCUT2D eigenvalue weighted by Gasteiger charge is 2.59. The summed E-state index contributed by atoms with van der Waals surface area (Å²) in [5.41, 5.74) is 1.53. The van der Waals surface area contributed by atoms with Crippen LogP contribution in [-0.4, -0.2) is 28.1 Å². The first-order valence-electron chi connectivity index (χ1n) is 10.3. The van der Waals surface area contributed by atoms with Crippen molar-refractivity contribution in [2.24, 2.45) is 40.4 Å². The maximum Gasteiger partial charge on any atom is 0.333 e. The third-order valence-electron chi connectivity index (χ3n) is 9.17. The molecule has 8 atom stereocenters. The van der Waals surface area contributed by atoms with E-state index in [4.69, 9.17) is 0 Å². The number of rotatable bonds is 2. The molecule has 0 amide bonds. The fourth-order valence-electron chi connectivity index (χ4n) is 7.38. The molecule has 4 heteroatoms. The summed E-state index contributed by atoms with van der Waals surface area (Å²) in [6.07, 6.45) is 7.77. The fraction of sp³-hybridized carbons (Fsp3) is 0.818. The minimum atomic E-state index is -1.59. The summed E-state index contributed by atoms with van der Waals surface area (Å²) in [7, 11) is 0. The maximum atomic E-state index is 12.5. The summed E-state index contributed by atoms with van der Waals surface area (Å²) < 4.78 is 0. The predicted octanol–water partition coefficient (Wildman–Crippen LogP) is 3.83. The van der Waals surface area contributed by atoms with Crippen molar-refractivity contribution in [3.63, 3.8) is 0 Å². The third kappa shape index (κ3) is 2.37. The number of hydrogen-bond donors (Lipinski definition) is 2. The van der Waals surface area contributed by atoms with Crippen LogP contribution in [0.15, 0.2) is 11.6 Å². The van der Waals surface area contributed by atoms with Crippen molar-refractivity contribution in [1.82, 2.24) is 0 Å². The van der Waals surface area contributed by atoms with E-state index in [2.05, 4.69) is 20.8 Å². The average Bonchev–Trinajstić information content (AvgIpc) is 2.89. The zero-order valence-corrected chi connectivity index (χ0v) is 16.2. The Hall–Kier alpha value is -1.16. The van der Waals surface area contributed by atoms with Gasteiger partial charge in [0.1, 0.15) is 0 Å². The summed E-state index contributed by atoms with van der Waals surface area (Å²) >= 11 is 0. The molecule has 0 spiro atoms. The Kier molecular flexibility index (Phi) is 4.15. The predicted molar refractivity (Wildman–Crippen MR) is 98.4 cm³/mol. The van der Waals surface area contributed by atoms with Gasteiger partial charge in [-0.05, 0) is 85.5 Å². The Labute approximate surface area is 156 Å². The highest BCUT2D eigenvalue weighted by Crippen LogP contribution is 2.66. The molecule has 2 N–H and O–H groups in total. The van der Waals surface area contributed by atoms with Gasteiger partial charge < -0.3 is 10.2 Å². The lowest BCUT2D eigenvalue weighted by Gasteiger charge is -2.58. The van der Waals surface area contributed by atoms with Crippen LogP contribution in [0.2, 0.25) is 0 Å². The summed E-state index contributed by atoms with van der Waals surface area (Å²) in [6, 6.07) is 0. The van der Waals surface area contributed by atoms with Gasteiger partial charge in [-0.2, -0.15) is 0 Å². The molecule has 0 radical (unpaired) electrons. The molecule has 0 bridgehead atoms. The molecule has 0 aliphatic heterocycles. The number of allylic oxidation sites excluding steroid dienone is 1. The van der Waals surface area contributed by atoms with Gasteiger partial charge in [-0.15, -0.1) is 0 Å². The standard InChI is InChI=1S/C22H32O4/c1-12-4-7-16-14-6-5-13-10-18(23)15(19(24)20(25)26)11-22(13,3)17(14)8-9-21(12,16)2/h10,12,14-17,19,24H,4-9,11H2,1-3H3,(H,25,26)/t12?,14-,15?,16-,17+,19?,21+,22-/m0/s1. The molecule has 4 nitrogen and oxygen atoms in total. The Morgan fingerprint density at radius 1 is 1.19 bits per heavy atom. The molecular formula is C22H32O4. The number of aliphatic hydroxyl groups excluding tert-OH is 1. The number of ketones is 1. The molecule has 4 aliphatic carbocycles. The van der Waals surface area contributed by atoms with Crippen molar-refractivity contribution in [2.75, 3.05) is 0 Å². The van der Waals surface area contributed by atoms with Gasteiger partial charge in [0.05, 0.1) is 5.92 Å². The molecule has 3 unspecified atom stereocenters. The normalized spacial score (nSPS) is 48.8. The molecule has 0 aromatic carbocycles. The van der Waals surface area contributed by atoms with E-state index >= 15 is 0 Å². The van der Waals surface area contributed by atoms with Gasteiger partial charge in [0, 0.05) is 0 Å². The van der Waals surface area contributed by atoms with E-state index < -0.39 is 18.0 Å². The van der Waals surface area contributed by atoms with E-state index in [1.54, 1.807) is 6.08 Å². The molecule has 4 rings (SSSR count). The molecule has 0 saturated heterocycles. The van der Waals surface area contributed by atoms with E-state index in [0.717, 1.165) is 18.3 Å². The van der Waals surface area contributed by atoms with Crippen molar-refractivity contribution < 1.29 is 19.8 Å². The zero-order chi connectivity index (χ0) is 18.9. The van der Waals surface area contributed by atoms with Crippen LogP contribution in [0, 0.1) is 40.4 Å². The second-order valence-electron chi connectivity index (χ2n) is 10.0. The van der Waals surface area contributed by atoms with Crippen LogP contribution in [0.1, 0.15) is 65.7 Å². The van der Waals surface area contributed by atoms with Crippen LogP contribution < -0.4 is 0 Å². The summed E-state index contributed by atoms with van der Waals surface area (Å²) in [5, 5.41) is 19.3. The minimum Gasteiger partial charge on any atom is -0.479 e.